The first-order chi connectivity index (χ1) is 12.2. The number of ether oxygens (including phenoxy) is 2. The van der Waals surface area contributed by atoms with Crippen LogP contribution in [0.3, 0.4) is 0 Å². The fraction of sp³-hybridized carbons (Fsp3) is 0.400. The standard InChI is InChI=1S/C20H22N2O3/c1-14-4-5-15(11-21-14)9-16-3-2-8-22(12-16)20(23)17-6-7-18-19(10-17)25-13-24-18/h4-7,10-11,16H,2-3,8-9,12-13H2,1H3. The molecule has 5 heteroatoms. The molecule has 1 atom stereocenters. The summed E-state index contributed by atoms with van der Waals surface area (Å²) in [5.41, 5.74) is 2.95. The van der Waals surface area contributed by atoms with E-state index in [1.807, 2.05) is 36.2 Å². The Bertz CT molecular complexity index is 773. The summed E-state index contributed by atoms with van der Waals surface area (Å²) < 4.78 is 10.7. The first-order valence-corrected chi connectivity index (χ1v) is 8.79. The van der Waals surface area contributed by atoms with Gasteiger partial charge < -0.3 is 14.4 Å². The molecule has 130 valence electrons. The molecule has 1 saturated heterocycles. The zero-order chi connectivity index (χ0) is 17.2. The molecular formula is C20H22N2O3. The number of fused-ring (bicyclic) bond motifs is 1. The Morgan fingerprint density at radius 2 is 2.12 bits per heavy atom. The third kappa shape index (κ3) is 3.45. The fourth-order valence-corrected chi connectivity index (χ4v) is 3.58. The highest BCUT2D eigenvalue weighted by Gasteiger charge is 2.26. The van der Waals surface area contributed by atoms with Gasteiger partial charge in [0.05, 0.1) is 0 Å². The summed E-state index contributed by atoms with van der Waals surface area (Å²) in [6.45, 7) is 3.83. The Kier molecular flexibility index (Phi) is 4.30. The molecule has 2 aliphatic rings. The quantitative estimate of drug-likeness (QED) is 0.862. The summed E-state index contributed by atoms with van der Waals surface area (Å²) in [7, 11) is 0. The topological polar surface area (TPSA) is 51.7 Å². The van der Waals surface area contributed by atoms with Crippen LogP contribution in [0.25, 0.3) is 0 Å². The number of hydrogen-bond donors (Lipinski definition) is 0. The van der Waals surface area contributed by atoms with Crippen molar-refractivity contribution < 1.29 is 14.3 Å². The van der Waals surface area contributed by atoms with Crippen LogP contribution < -0.4 is 9.47 Å². The lowest BCUT2D eigenvalue weighted by molar-refractivity contribution is 0.0673. The summed E-state index contributed by atoms with van der Waals surface area (Å²) in [6.07, 6.45) is 5.12. The fourth-order valence-electron chi connectivity index (χ4n) is 3.58. The van der Waals surface area contributed by atoms with Gasteiger partial charge in [-0.2, -0.15) is 0 Å². The molecule has 1 fully saturated rings. The summed E-state index contributed by atoms with van der Waals surface area (Å²) >= 11 is 0. The van der Waals surface area contributed by atoms with Crippen molar-refractivity contribution in [1.29, 1.82) is 0 Å². The predicted octanol–water partition coefficient (Wildman–Crippen LogP) is 3.21. The monoisotopic (exact) mass is 338 g/mol. The molecule has 0 spiro atoms. The molecule has 4 rings (SSSR count). The molecule has 5 nitrogen and oxygen atoms in total. The summed E-state index contributed by atoms with van der Waals surface area (Å²) in [5, 5.41) is 0. The second-order valence-corrected chi connectivity index (χ2v) is 6.84. The average Bonchev–Trinajstić information content (AvgIpc) is 3.11. The summed E-state index contributed by atoms with van der Waals surface area (Å²) in [5.74, 6) is 1.92. The number of aryl methyl sites for hydroxylation is 1. The van der Waals surface area contributed by atoms with Crippen LogP contribution in [0.4, 0.5) is 0 Å². The third-order valence-electron chi connectivity index (χ3n) is 4.92. The van der Waals surface area contributed by atoms with Gasteiger partial charge in [0.25, 0.3) is 5.91 Å². The largest absolute Gasteiger partial charge is 0.454 e. The van der Waals surface area contributed by atoms with E-state index < -0.39 is 0 Å². The number of hydrogen-bond acceptors (Lipinski definition) is 4. The Morgan fingerprint density at radius 1 is 1.24 bits per heavy atom. The highest BCUT2D eigenvalue weighted by atomic mass is 16.7. The van der Waals surface area contributed by atoms with Crippen molar-refractivity contribution in [1.82, 2.24) is 9.88 Å². The first-order valence-electron chi connectivity index (χ1n) is 8.79. The molecule has 2 aromatic rings. The lowest BCUT2D eigenvalue weighted by atomic mass is 9.91. The lowest BCUT2D eigenvalue weighted by Crippen LogP contribution is -2.40. The average molecular weight is 338 g/mol. The van der Waals surface area contributed by atoms with E-state index in [9.17, 15) is 4.79 Å². The highest BCUT2D eigenvalue weighted by molar-refractivity contribution is 5.95. The number of pyridine rings is 1. The van der Waals surface area contributed by atoms with Gasteiger partial charge in [-0.3, -0.25) is 9.78 Å². The SMILES string of the molecule is Cc1ccc(CC2CCCN(C(=O)c3ccc4c(c3)OCO4)C2)cn1. The van der Waals surface area contributed by atoms with E-state index in [1.165, 1.54) is 5.56 Å². The molecule has 1 aromatic carbocycles. The van der Waals surface area contributed by atoms with E-state index in [1.54, 1.807) is 6.07 Å². The molecule has 0 N–H and O–H groups in total. The van der Waals surface area contributed by atoms with Crippen LogP contribution in [0.2, 0.25) is 0 Å². The number of nitrogens with zero attached hydrogens (tertiary/aromatic N) is 2. The molecule has 1 aromatic heterocycles. The van der Waals surface area contributed by atoms with Gasteiger partial charge >= 0.3 is 0 Å². The predicted molar refractivity (Wildman–Crippen MR) is 93.9 cm³/mol. The number of aromatic nitrogens is 1. The van der Waals surface area contributed by atoms with Crippen molar-refractivity contribution >= 4 is 5.91 Å². The maximum absolute atomic E-state index is 12.9. The number of carbonyl (C=O) groups excluding carboxylic acids is 1. The Morgan fingerprint density at radius 3 is 2.96 bits per heavy atom. The molecule has 0 saturated carbocycles. The van der Waals surface area contributed by atoms with Crippen LogP contribution >= 0.6 is 0 Å². The van der Waals surface area contributed by atoms with Gasteiger partial charge in [-0.25, -0.2) is 0 Å². The second-order valence-electron chi connectivity index (χ2n) is 6.84. The van der Waals surface area contributed by atoms with Gasteiger partial charge in [0.1, 0.15) is 0 Å². The molecule has 2 aliphatic heterocycles. The van der Waals surface area contributed by atoms with Gasteiger partial charge in [-0.1, -0.05) is 6.07 Å². The highest BCUT2D eigenvalue weighted by Crippen LogP contribution is 2.33. The Hall–Kier alpha value is -2.56. The normalized spacial score (nSPS) is 19.1. The van der Waals surface area contributed by atoms with Gasteiger partial charge in [0.2, 0.25) is 6.79 Å². The van der Waals surface area contributed by atoms with E-state index in [4.69, 9.17) is 9.47 Å². The number of piperidine rings is 1. The van der Waals surface area contributed by atoms with Crippen molar-refractivity contribution in [2.45, 2.75) is 26.2 Å². The van der Waals surface area contributed by atoms with E-state index in [2.05, 4.69) is 11.1 Å². The minimum atomic E-state index is 0.0741. The first kappa shape index (κ1) is 15.9. The van der Waals surface area contributed by atoms with E-state index in [-0.39, 0.29) is 12.7 Å². The van der Waals surface area contributed by atoms with Crippen molar-refractivity contribution in [3.8, 4) is 11.5 Å². The number of rotatable bonds is 3. The van der Waals surface area contributed by atoms with Crippen molar-refractivity contribution in [2.75, 3.05) is 19.9 Å². The third-order valence-corrected chi connectivity index (χ3v) is 4.92. The van der Waals surface area contributed by atoms with Crippen molar-refractivity contribution in [2.24, 2.45) is 5.92 Å². The molecular weight excluding hydrogens is 316 g/mol. The van der Waals surface area contributed by atoms with E-state index in [0.29, 0.717) is 23.0 Å². The zero-order valence-electron chi connectivity index (χ0n) is 14.4. The summed E-state index contributed by atoms with van der Waals surface area (Å²) in [4.78, 5) is 19.2. The zero-order valence-corrected chi connectivity index (χ0v) is 14.4. The van der Waals surface area contributed by atoms with Gasteiger partial charge in [-0.15, -0.1) is 0 Å². The van der Waals surface area contributed by atoms with Crippen molar-refractivity contribution in [3.63, 3.8) is 0 Å². The summed E-state index contributed by atoms with van der Waals surface area (Å²) in [6, 6.07) is 9.62. The smallest absolute Gasteiger partial charge is 0.254 e. The van der Waals surface area contributed by atoms with Crippen LogP contribution in [-0.2, 0) is 6.42 Å². The van der Waals surface area contributed by atoms with Crippen molar-refractivity contribution in [3.05, 3.63) is 53.3 Å². The Balaban J connectivity index is 1.43. The molecule has 3 heterocycles. The van der Waals surface area contributed by atoms with Gasteiger partial charge in [0, 0.05) is 30.5 Å². The molecule has 1 unspecified atom stereocenters. The number of carbonyl (C=O) groups is 1. The van der Waals surface area contributed by atoms with E-state index in [0.717, 1.165) is 38.0 Å². The molecule has 25 heavy (non-hydrogen) atoms. The van der Waals surface area contributed by atoms with Gasteiger partial charge in [-0.05, 0) is 61.9 Å². The van der Waals surface area contributed by atoms with Crippen LogP contribution in [0, 0.1) is 12.8 Å². The number of benzene rings is 1. The van der Waals surface area contributed by atoms with E-state index >= 15 is 0 Å². The maximum Gasteiger partial charge on any atom is 0.254 e. The minimum absolute atomic E-state index is 0.0741. The van der Waals surface area contributed by atoms with Crippen LogP contribution in [0.1, 0.15) is 34.5 Å². The molecule has 0 bridgehead atoms. The molecule has 0 radical (unpaired) electrons. The molecule has 0 aliphatic carbocycles. The maximum atomic E-state index is 12.9. The lowest BCUT2D eigenvalue weighted by Gasteiger charge is -2.33. The van der Waals surface area contributed by atoms with Gasteiger partial charge in [0.15, 0.2) is 11.5 Å². The molecule has 1 amide bonds. The second kappa shape index (κ2) is 6.75. The Labute approximate surface area is 147 Å². The number of likely N-dealkylation sites (tertiary alicyclic amines) is 1. The minimum Gasteiger partial charge on any atom is -0.454 e. The van der Waals surface area contributed by atoms with Crippen LogP contribution in [0.15, 0.2) is 36.5 Å². The van der Waals surface area contributed by atoms with Crippen LogP contribution in [0.5, 0.6) is 11.5 Å². The number of amides is 1. The van der Waals surface area contributed by atoms with Crippen LogP contribution in [-0.4, -0.2) is 35.7 Å².